The Morgan fingerprint density at radius 3 is 1.78 bits per heavy atom. The molecule has 4 aromatic carbocycles. The summed E-state index contributed by atoms with van der Waals surface area (Å²) in [5.41, 5.74) is 5.44. The third-order valence-corrected chi connectivity index (χ3v) is 7.06. The molecular formula is C31H19N5. The second-order valence-electron chi connectivity index (χ2n) is 9.03. The van der Waals surface area contributed by atoms with E-state index in [0.29, 0.717) is 11.1 Å². The third-order valence-electron chi connectivity index (χ3n) is 7.06. The number of fused-ring (bicyclic) bond motifs is 6. The van der Waals surface area contributed by atoms with Crippen molar-refractivity contribution in [3.05, 3.63) is 108 Å². The Hall–Kier alpha value is -5.13. The normalized spacial score (nSPS) is 15.4. The molecule has 5 nitrogen and oxygen atoms in total. The van der Waals surface area contributed by atoms with Gasteiger partial charge in [0, 0.05) is 28.0 Å². The fourth-order valence-electron chi connectivity index (χ4n) is 5.52. The highest BCUT2D eigenvalue weighted by Gasteiger charge is 2.22. The highest BCUT2D eigenvalue weighted by molar-refractivity contribution is 6.17. The number of hydrogen-bond acceptors (Lipinski definition) is 3. The van der Waals surface area contributed by atoms with Crippen LogP contribution in [0.3, 0.4) is 0 Å². The lowest BCUT2D eigenvalue weighted by Crippen LogP contribution is -2.17. The Morgan fingerprint density at radius 1 is 0.667 bits per heavy atom. The second kappa shape index (κ2) is 7.70. The van der Waals surface area contributed by atoms with Gasteiger partial charge in [0.1, 0.15) is 12.0 Å². The molecule has 0 N–H and O–H groups in total. The van der Waals surface area contributed by atoms with Gasteiger partial charge < -0.3 is 4.57 Å². The summed E-state index contributed by atoms with van der Waals surface area (Å²) < 4.78 is 4.48. The quantitative estimate of drug-likeness (QED) is 0.263. The van der Waals surface area contributed by atoms with Crippen LogP contribution < -0.4 is 0 Å². The average Bonchev–Trinajstić information content (AvgIpc) is 3.45. The second-order valence-corrected chi connectivity index (χ2v) is 9.03. The van der Waals surface area contributed by atoms with Crippen LogP contribution in [-0.4, -0.2) is 15.0 Å². The van der Waals surface area contributed by atoms with E-state index >= 15 is 0 Å². The lowest BCUT2D eigenvalue weighted by Gasteiger charge is -2.21. The topological polar surface area (TPSA) is 69.8 Å². The molecule has 36 heavy (non-hydrogen) atoms. The van der Waals surface area contributed by atoms with Crippen LogP contribution in [0.2, 0.25) is 0 Å². The number of nitrogens with zero attached hydrogens (tertiary/aromatic N) is 5. The minimum Gasteiger partial charge on any atom is -0.317 e. The molecule has 1 aliphatic heterocycles. The lowest BCUT2D eigenvalue weighted by molar-refractivity contribution is 0.557. The zero-order valence-corrected chi connectivity index (χ0v) is 19.3. The predicted octanol–water partition coefficient (Wildman–Crippen LogP) is 7.05. The van der Waals surface area contributed by atoms with E-state index in [0.717, 1.165) is 34.1 Å². The van der Waals surface area contributed by atoms with Crippen LogP contribution >= 0.6 is 0 Å². The fourth-order valence-corrected chi connectivity index (χ4v) is 5.52. The van der Waals surface area contributed by atoms with Crippen molar-refractivity contribution in [1.82, 2.24) is 9.13 Å². The molecular weight excluding hydrogens is 442 g/mol. The van der Waals surface area contributed by atoms with E-state index in [2.05, 4.69) is 82.0 Å². The SMILES string of the molecule is N#Cc1ccc2c(c1)c1cc(C#N)ccc1n2C1=NC(n2c3ccccc3c3ccccc32)CC=C1. The molecule has 0 radical (unpaired) electrons. The first-order valence-corrected chi connectivity index (χ1v) is 11.9. The molecule has 1 unspecified atom stereocenters. The fraction of sp³-hybridized carbons (Fsp3) is 0.0645. The summed E-state index contributed by atoms with van der Waals surface area (Å²) in [6.45, 7) is 0. The maximum absolute atomic E-state index is 9.49. The number of benzene rings is 4. The summed E-state index contributed by atoms with van der Waals surface area (Å²) in [5.74, 6) is 0.836. The standard InChI is InChI=1S/C31H19N5/c32-18-20-12-14-28-24(16-20)25-17-21(19-33)13-15-29(25)36(28)31-11-5-10-30(34-31)35-26-8-3-1-6-22(26)23-7-2-4-9-27(23)35/h1-9,11-17,30H,10H2. The first kappa shape index (κ1) is 20.3. The van der Waals surface area contributed by atoms with Crippen molar-refractivity contribution in [3.8, 4) is 12.1 Å². The van der Waals surface area contributed by atoms with E-state index < -0.39 is 0 Å². The van der Waals surface area contributed by atoms with Gasteiger partial charge in [0.25, 0.3) is 0 Å². The van der Waals surface area contributed by atoms with Crippen LogP contribution in [0.25, 0.3) is 43.6 Å². The Labute approximate surface area is 207 Å². The molecule has 6 aromatic rings. The summed E-state index contributed by atoms with van der Waals surface area (Å²) in [6.07, 6.45) is 4.95. The maximum Gasteiger partial charge on any atom is 0.134 e. The van der Waals surface area contributed by atoms with Gasteiger partial charge in [-0.25, -0.2) is 4.99 Å². The highest BCUT2D eigenvalue weighted by Crippen LogP contribution is 2.36. The molecule has 0 aliphatic carbocycles. The molecule has 0 amide bonds. The highest BCUT2D eigenvalue weighted by atomic mass is 15.2. The number of hydrogen-bond donors (Lipinski definition) is 0. The molecule has 168 valence electrons. The van der Waals surface area contributed by atoms with Gasteiger partial charge >= 0.3 is 0 Å². The summed E-state index contributed by atoms with van der Waals surface area (Å²) >= 11 is 0. The van der Waals surface area contributed by atoms with Crippen LogP contribution in [-0.2, 0) is 0 Å². The van der Waals surface area contributed by atoms with Gasteiger partial charge in [-0.3, -0.25) is 4.57 Å². The van der Waals surface area contributed by atoms with Crippen molar-refractivity contribution in [2.75, 3.05) is 0 Å². The smallest absolute Gasteiger partial charge is 0.134 e. The van der Waals surface area contributed by atoms with E-state index in [1.807, 2.05) is 36.4 Å². The van der Waals surface area contributed by atoms with Gasteiger partial charge in [0.2, 0.25) is 0 Å². The summed E-state index contributed by atoms with van der Waals surface area (Å²) in [6, 6.07) is 32.9. The average molecular weight is 462 g/mol. The molecule has 1 aliphatic rings. The number of dihydropyridines is 1. The van der Waals surface area contributed by atoms with E-state index in [1.165, 1.54) is 21.8 Å². The molecule has 0 spiro atoms. The predicted molar refractivity (Wildman–Crippen MR) is 144 cm³/mol. The molecule has 5 heteroatoms. The van der Waals surface area contributed by atoms with E-state index in [1.54, 1.807) is 0 Å². The first-order valence-electron chi connectivity index (χ1n) is 11.9. The first-order chi connectivity index (χ1) is 17.8. The van der Waals surface area contributed by atoms with Crippen LogP contribution in [0.1, 0.15) is 23.7 Å². The zero-order chi connectivity index (χ0) is 24.2. The number of allylic oxidation sites excluding steroid dienone is 1. The van der Waals surface area contributed by atoms with Crippen LogP contribution in [0, 0.1) is 22.7 Å². The lowest BCUT2D eigenvalue weighted by atomic mass is 10.1. The number of nitriles is 2. The van der Waals surface area contributed by atoms with Crippen molar-refractivity contribution >= 4 is 49.4 Å². The molecule has 0 bridgehead atoms. The van der Waals surface area contributed by atoms with Gasteiger partial charge in [-0.2, -0.15) is 10.5 Å². The van der Waals surface area contributed by atoms with Crippen molar-refractivity contribution in [2.45, 2.75) is 12.6 Å². The molecule has 7 rings (SSSR count). The largest absolute Gasteiger partial charge is 0.317 e. The van der Waals surface area contributed by atoms with Crippen molar-refractivity contribution in [2.24, 2.45) is 4.99 Å². The molecule has 2 aromatic heterocycles. The summed E-state index contributed by atoms with van der Waals surface area (Å²) in [4.78, 5) is 5.28. The maximum atomic E-state index is 9.49. The van der Waals surface area contributed by atoms with Crippen LogP contribution in [0.4, 0.5) is 0 Å². The number of aliphatic imine (C=N–C) groups is 1. The van der Waals surface area contributed by atoms with Crippen molar-refractivity contribution in [1.29, 1.82) is 10.5 Å². The summed E-state index contributed by atoms with van der Waals surface area (Å²) in [7, 11) is 0. The Kier molecular flexibility index (Phi) is 4.33. The van der Waals surface area contributed by atoms with E-state index in [4.69, 9.17) is 4.99 Å². The van der Waals surface area contributed by atoms with Gasteiger partial charge in [-0.15, -0.1) is 0 Å². The van der Waals surface area contributed by atoms with E-state index in [9.17, 15) is 10.5 Å². The minimum atomic E-state index is -0.0981. The van der Waals surface area contributed by atoms with E-state index in [-0.39, 0.29) is 6.17 Å². The van der Waals surface area contributed by atoms with Gasteiger partial charge in [0.05, 0.1) is 45.3 Å². The molecule has 0 fully saturated rings. The van der Waals surface area contributed by atoms with Gasteiger partial charge in [-0.1, -0.05) is 42.5 Å². The van der Waals surface area contributed by atoms with Crippen LogP contribution in [0.15, 0.2) is 102 Å². The van der Waals surface area contributed by atoms with Gasteiger partial charge in [-0.05, 0) is 54.6 Å². The Balaban J connectivity index is 1.49. The number of aromatic nitrogens is 2. The third kappa shape index (κ3) is 2.84. The number of para-hydroxylation sites is 2. The zero-order valence-electron chi connectivity index (χ0n) is 19.3. The molecule has 0 saturated heterocycles. The molecule has 0 saturated carbocycles. The van der Waals surface area contributed by atoms with Crippen molar-refractivity contribution < 1.29 is 0 Å². The Bertz CT molecular complexity index is 1880. The Morgan fingerprint density at radius 2 is 1.22 bits per heavy atom. The van der Waals surface area contributed by atoms with Crippen LogP contribution in [0.5, 0.6) is 0 Å². The molecule has 3 heterocycles. The monoisotopic (exact) mass is 461 g/mol. The minimum absolute atomic E-state index is 0.0981. The summed E-state index contributed by atoms with van der Waals surface area (Å²) in [5, 5.41) is 23.3. The number of rotatable bonds is 1. The van der Waals surface area contributed by atoms with Gasteiger partial charge in [0.15, 0.2) is 0 Å². The van der Waals surface area contributed by atoms with Crippen molar-refractivity contribution in [3.63, 3.8) is 0 Å². The molecule has 1 atom stereocenters.